The van der Waals surface area contributed by atoms with E-state index < -0.39 is 10.7 Å². The van der Waals surface area contributed by atoms with Gasteiger partial charge >= 0.3 is 0 Å². The molecule has 0 unspecified atom stereocenters. The van der Waals surface area contributed by atoms with Crippen LogP contribution < -0.4 is 0 Å². The van der Waals surface area contributed by atoms with Gasteiger partial charge in [-0.15, -0.1) is 0 Å². The lowest BCUT2D eigenvalue weighted by atomic mass is 10.1. The Morgan fingerprint density at radius 1 is 1.09 bits per heavy atom. The van der Waals surface area contributed by atoms with Crippen LogP contribution in [0.1, 0.15) is 5.56 Å². The molecule has 0 bridgehead atoms. The molecule has 2 aromatic heterocycles. The van der Waals surface area contributed by atoms with Crippen molar-refractivity contribution in [2.75, 3.05) is 0 Å². The highest BCUT2D eigenvalue weighted by Crippen LogP contribution is 2.29. The summed E-state index contributed by atoms with van der Waals surface area (Å²) in [6.07, 6.45) is 3.11. The van der Waals surface area contributed by atoms with Crippen molar-refractivity contribution in [3.05, 3.63) is 64.9 Å². The van der Waals surface area contributed by atoms with Gasteiger partial charge in [0.2, 0.25) is 0 Å². The number of rotatable bonds is 4. The van der Waals surface area contributed by atoms with Gasteiger partial charge in [0.25, 0.3) is 0 Å². The van der Waals surface area contributed by atoms with E-state index >= 15 is 0 Å². The molecule has 0 fully saturated rings. The molecule has 0 aliphatic carbocycles. The summed E-state index contributed by atoms with van der Waals surface area (Å²) in [5, 5.41) is 0. The standard InChI is InChI=1S/C15H11BrFN3O2S/c16-15-14(11-2-4-12(17)5-3-11)20(9-19-15)13-6-1-10(7-18-13)8-23(21)22/h1-7,9,23H,8H2. The van der Waals surface area contributed by atoms with E-state index in [4.69, 9.17) is 0 Å². The number of halogens is 2. The molecule has 0 saturated carbocycles. The van der Waals surface area contributed by atoms with E-state index in [0.717, 1.165) is 11.3 Å². The number of nitrogens with zero attached hydrogens (tertiary/aromatic N) is 3. The number of thiol groups is 1. The van der Waals surface area contributed by atoms with Crippen molar-refractivity contribution in [3.63, 3.8) is 0 Å². The highest BCUT2D eigenvalue weighted by molar-refractivity contribution is 9.10. The molecule has 3 rings (SSSR count). The monoisotopic (exact) mass is 395 g/mol. The summed E-state index contributed by atoms with van der Waals surface area (Å²) in [7, 11) is -2.48. The Morgan fingerprint density at radius 3 is 2.43 bits per heavy atom. The van der Waals surface area contributed by atoms with Gasteiger partial charge in [-0.3, -0.25) is 4.57 Å². The van der Waals surface area contributed by atoms with E-state index in [2.05, 4.69) is 25.9 Å². The Labute approximate surface area is 141 Å². The molecule has 0 radical (unpaired) electrons. The van der Waals surface area contributed by atoms with Crippen molar-refractivity contribution in [2.24, 2.45) is 0 Å². The van der Waals surface area contributed by atoms with Crippen LogP contribution in [0.4, 0.5) is 4.39 Å². The Hall–Kier alpha value is -2.06. The fraction of sp³-hybridized carbons (Fsp3) is 0.0667. The molecular formula is C15H11BrFN3O2S. The van der Waals surface area contributed by atoms with E-state index in [1.807, 2.05) is 0 Å². The molecule has 23 heavy (non-hydrogen) atoms. The van der Waals surface area contributed by atoms with Gasteiger partial charge in [0, 0.05) is 11.8 Å². The molecule has 0 aliphatic heterocycles. The number of hydrogen-bond acceptors (Lipinski definition) is 4. The summed E-state index contributed by atoms with van der Waals surface area (Å²) in [6, 6.07) is 9.49. The molecule has 5 nitrogen and oxygen atoms in total. The molecule has 0 aliphatic rings. The Kier molecular flexibility index (Phi) is 4.53. The maximum Gasteiger partial charge on any atom is 0.144 e. The topological polar surface area (TPSA) is 64.8 Å². The number of benzene rings is 1. The van der Waals surface area contributed by atoms with Crippen LogP contribution in [-0.4, -0.2) is 23.0 Å². The molecule has 0 saturated heterocycles. The summed E-state index contributed by atoms with van der Waals surface area (Å²) >= 11 is 3.38. The van der Waals surface area contributed by atoms with Crippen LogP contribution in [-0.2, 0) is 16.5 Å². The first-order chi connectivity index (χ1) is 11.0. The zero-order valence-electron chi connectivity index (χ0n) is 11.7. The third-order valence-electron chi connectivity index (χ3n) is 3.21. The second-order valence-electron chi connectivity index (χ2n) is 4.78. The van der Waals surface area contributed by atoms with E-state index in [9.17, 15) is 12.8 Å². The van der Waals surface area contributed by atoms with Crippen molar-refractivity contribution in [1.29, 1.82) is 0 Å². The Balaban J connectivity index is 2.02. The quantitative estimate of drug-likeness (QED) is 0.689. The van der Waals surface area contributed by atoms with E-state index in [0.29, 0.717) is 16.0 Å². The number of pyridine rings is 1. The predicted molar refractivity (Wildman–Crippen MR) is 88.5 cm³/mol. The third-order valence-corrected chi connectivity index (χ3v) is 4.41. The number of hydrogen-bond donors (Lipinski definition) is 1. The van der Waals surface area contributed by atoms with Crippen LogP contribution in [0.25, 0.3) is 17.1 Å². The molecule has 3 aromatic rings. The fourth-order valence-electron chi connectivity index (χ4n) is 2.17. The average Bonchev–Trinajstić information content (AvgIpc) is 2.90. The van der Waals surface area contributed by atoms with Gasteiger partial charge in [-0.05, 0) is 51.8 Å². The maximum atomic E-state index is 13.1. The van der Waals surface area contributed by atoms with Gasteiger partial charge in [-0.2, -0.15) is 0 Å². The van der Waals surface area contributed by atoms with Crippen LogP contribution in [0.3, 0.4) is 0 Å². The summed E-state index contributed by atoms with van der Waals surface area (Å²) < 4.78 is 37.0. The highest BCUT2D eigenvalue weighted by atomic mass is 79.9. The zero-order valence-corrected chi connectivity index (χ0v) is 14.2. The first-order valence-corrected chi connectivity index (χ1v) is 8.76. The molecule has 0 atom stereocenters. The third kappa shape index (κ3) is 3.48. The van der Waals surface area contributed by atoms with Gasteiger partial charge in [-0.1, -0.05) is 6.07 Å². The van der Waals surface area contributed by atoms with E-state index in [-0.39, 0.29) is 11.6 Å². The van der Waals surface area contributed by atoms with Gasteiger partial charge in [0.15, 0.2) is 0 Å². The molecule has 0 N–H and O–H groups in total. The van der Waals surface area contributed by atoms with Crippen LogP contribution >= 0.6 is 15.9 Å². The molecule has 1 aromatic carbocycles. The minimum absolute atomic E-state index is 0.0406. The minimum atomic E-state index is -2.48. The smallest absolute Gasteiger partial charge is 0.144 e. The highest BCUT2D eigenvalue weighted by Gasteiger charge is 2.13. The zero-order chi connectivity index (χ0) is 16.4. The predicted octanol–water partition coefficient (Wildman–Crippen LogP) is 2.95. The summed E-state index contributed by atoms with van der Waals surface area (Å²) in [5.41, 5.74) is 2.14. The Bertz CT molecular complexity index is 897. The van der Waals surface area contributed by atoms with E-state index in [1.165, 1.54) is 18.3 Å². The van der Waals surface area contributed by atoms with Crippen LogP contribution in [0.15, 0.2) is 53.5 Å². The largest absolute Gasteiger partial charge is 0.282 e. The second-order valence-corrected chi connectivity index (χ2v) is 6.51. The van der Waals surface area contributed by atoms with Crippen molar-refractivity contribution >= 4 is 26.6 Å². The lowest BCUT2D eigenvalue weighted by molar-refractivity contribution is 0.614. The van der Waals surface area contributed by atoms with Crippen molar-refractivity contribution in [3.8, 4) is 17.1 Å². The molecule has 118 valence electrons. The maximum absolute atomic E-state index is 13.1. The van der Waals surface area contributed by atoms with Crippen LogP contribution in [0, 0.1) is 5.82 Å². The number of aromatic nitrogens is 3. The van der Waals surface area contributed by atoms with Crippen molar-refractivity contribution in [2.45, 2.75) is 5.75 Å². The lowest BCUT2D eigenvalue weighted by Gasteiger charge is -2.08. The second kappa shape index (κ2) is 6.59. The van der Waals surface area contributed by atoms with Gasteiger partial charge < -0.3 is 0 Å². The molecule has 0 amide bonds. The first-order valence-electron chi connectivity index (χ1n) is 6.60. The lowest BCUT2D eigenvalue weighted by Crippen LogP contribution is -1.99. The first kappa shape index (κ1) is 15.8. The summed E-state index contributed by atoms with van der Waals surface area (Å²) in [5.74, 6) is 0.235. The Morgan fingerprint density at radius 2 is 1.83 bits per heavy atom. The minimum Gasteiger partial charge on any atom is -0.282 e. The fourth-order valence-corrected chi connectivity index (χ4v) is 3.16. The van der Waals surface area contributed by atoms with Crippen LogP contribution in [0.2, 0.25) is 0 Å². The molecule has 8 heteroatoms. The summed E-state index contributed by atoms with van der Waals surface area (Å²) in [4.78, 5) is 8.49. The molecule has 2 heterocycles. The van der Waals surface area contributed by atoms with E-state index in [1.54, 1.807) is 35.2 Å². The SMILES string of the molecule is O=[SH](=O)Cc1ccc(-n2cnc(Br)c2-c2ccc(F)cc2)nc1. The average molecular weight is 396 g/mol. The molecule has 0 spiro atoms. The van der Waals surface area contributed by atoms with Gasteiger partial charge in [0.05, 0.1) is 11.4 Å². The van der Waals surface area contributed by atoms with Crippen molar-refractivity contribution < 1.29 is 12.8 Å². The van der Waals surface area contributed by atoms with Gasteiger partial charge in [0.1, 0.15) is 33.3 Å². The summed E-state index contributed by atoms with van der Waals surface area (Å²) in [6.45, 7) is 0. The van der Waals surface area contributed by atoms with Crippen LogP contribution in [0.5, 0.6) is 0 Å². The molecular weight excluding hydrogens is 385 g/mol. The van der Waals surface area contributed by atoms with Gasteiger partial charge in [-0.25, -0.2) is 22.8 Å². The van der Waals surface area contributed by atoms with Crippen molar-refractivity contribution in [1.82, 2.24) is 14.5 Å². The number of imidazole rings is 1. The normalized spacial score (nSPS) is 11.1.